The maximum absolute atomic E-state index is 6.08. The molecule has 112 valence electrons. The first kappa shape index (κ1) is 15.4. The lowest BCUT2D eigenvalue weighted by atomic mass is 9.90. The molecule has 1 saturated carbocycles. The van der Waals surface area contributed by atoms with Crippen LogP contribution in [0.2, 0.25) is 0 Å². The van der Waals surface area contributed by atoms with Gasteiger partial charge in [0, 0.05) is 5.41 Å². The van der Waals surface area contributed by atoms with Gasteiger partial charge < -0.3 is 14.2 Å². The molecule has 0 amide bonds. The van der Waals surface area contributed by atoms with Crippen LogP contribution in [0.4, 0.5) is 0 Å². The van der Waals surface area contributed by atoms with E-state index in [1.165, 1.54) is 25.7 Å². The van der Waals surface area contributed by atoms with Crippen molar-refractivity contribution in [1.29, 1.82) is 0 Å². The van der Waals surface area contributed by atoms with Crippen molar-refractivity contribution in [2.75, 3.05) is 26.6 Å². The second kappa shape index (κ2) is 6.61. The molecule has 0 aliphatic heterocycles. The summed E-state index contributed by atoms with van der Waals surface area (Å²) in [5.41, 5.74) is 1.29. The van der Waals surface area contributed by atoms with Crippen LogP contribution in [-0.2, 0) is 0 Å². The van der Waals surface area contributed by atoms with Gasteiger partial charge in [-0.3, -0.25) is 0 Å². The van der Waals surface area contributed by atoms with Crippen molar-refractivity contribution in [2.45, 2.75) is 32.6 Å². The van der Waals surface area contributed by atoms with Crippen LogP contribution in [0.25, 0.3) is 0 Å². The van der Waals surface area contributed by atoms with Crippen molar-refractivity contribution in [3.05, 3.63) is 17.7 Å². The van der Waals surface area contributed by atoms with Crippen LogP contribution in [0.5, 0.6) is 17.2 Å². The maximum Gasteiger partial charge on any atom is 0.203 e. The summed E-state index contributed by atoms with van der Waals surface area (Å²) >= 11 is 4.52. The molecule has 0 saturated heterocycles. The van der Waals surface area contributed by atoms with E-state index in [1.54, 1.807) is 14.2 Å². The largest absolute Gasteiger partial charge is 0.493 e. The van der Waals surface area contributed by atoms with Crippen molar-refractivity contribution < 1.29 is 14.2 Å². The van der Waals surface area contributed by atoms with E-state index in [2.05, 4.69) is 12.6 Å². The number of hydrogen-bond acceptors (Lipinski definition) is 4. The molecular weight excluding hydrogens is 272 g/mol. The van der Waals surface area contributed by atoms with E-state index < -0.39 is 0 Å². The summed E-state index contributed by atoms with van der Waals surface area (Å²) in [6, 6.07) is 3.94. The van der Waals surface area contributed by atoms with Crippen LogP contribution in [0.1, 0.15) is 31.2 Å². The average Bonchev–Trinajstić information content (AvgIpc) is 2.94. The Morgan fingerprint density at radius 3 is 2.10 bits per heavy atom. The molecule has 1 aromatic rings. The molecule has 4 heteroatoms. The number of rotatable bonds is 6. The van der Waals surface area contributed by atoms with Crippen LogP contribution in [0.15, 0.2) is 12.1 Å². The first-order valence-corrected chi connectivity index (χ1v) is 7.74. The zero-order chi connectivity index (χ0) is 14.6. The number of hydrogen-bond donors (Lipinski definition) is 1. The fraction of sp³-hybridized carbons (Fsp3) is 0.625. The van der Waals surface area contributed by atoms with Crippen LogP contribution in [-0.4, -0.2) is 26.6 Å². The van der Waals surface area contributed by atoms with Gasteiger partial charge in [0.25, 0.3) is 0 Å². The second-order valence-electron chi connectivity index (χ2n) is 5.65. The molecule has 0 heterocycles. The van der Waals surface area contributed by atoms with Gasteiger partial charge in [-0.05, 0) is 43.2 Å². The highest BCUT2D eigenvalue weighted by atomic mass is 32.1. The summed E-state index contributed by atoms with van der Waals surface area (Å²) in [4.78, 5) is 0. The fourth-order valence-corrected chi connectivity index (χ4v) is 3.26. The van der Waals surface area contributed by atoms with E-state index in [1.807, 2.05) is 19.1 Å². The molecule has 0 spiro atoms. The lowest BCUT2D eigenvalue weighted by Gasteiger charge is -2.27. The normalized spacial score (nSPS) is 17.0. The number of ether oxygens (including phenoxy) is 3. The van der Waals surface area contributed by atoms with Crippen molar-refractivity contribution in [1.82, 2.24) is 0 Å². The van der Waals surface area contributed by atoms with Gasteiger partial charge in [0.2, 0.25) is 5.75 Å². The Labute approximate surface area is 127 Å². The smallest absolute Gasteiger partial charge is 0.203 e. The zero-order valence-electron chi connectivity index (χ0n) is 12.6. The molecule has 20 heavy (non-hydrogen) atoms. The summed E-state index contributed by atoms with van der Waals surface area (Å²) < 4.78 is 16.9. The lowest BCUT2D eigenvalue weighted by molar-refractivity contribution is 0.163. The first-order valence-electron chi connectivity index (χ1n) is 7.10. The Balaban J connectivity index is 2.19. The van der Waals surface area contributed by atoms with Crippen molar-refractivity contribution in [2.24, 2.45) is 5.41 Å². The van der Waals surface area contributed by atoms with Gasteiger partial charge in [0.1, 0.15) is 0 Å². The minimum absolute atomic E-state index is 0.198. The standard InChI is InChI=1S/C16H24O3S/c1-12-8-13(17-2)15(14(9-12)18-3)19-10-16(11-20)6-4-5-7-16/h8-9,20H,4-7,10-11H2,1-3H3. The predicted molar refractivity (Wildman–Crippen MR) is 84.5 cm³/mol. The minimum Gasteiger partial charge on any atom is -0.493 e. The van der Waals surface area contributed by atoms with Gasteiger partial charge >= 0.3 is 0 Å². The maximum atomic E-state index is 6.08. The third-order valence-corrected chi connectivity index (χ3v) is 4.80. The molecule has 2 rings (SSSR count). The van der Waals surface area contributed by atoms with E-state index >= 15 is 0 Å². The van der Waals surface area contributed by atoms with Gasteiger partial charge in [-0.1, -0.05) is 12.8 Å². The molecule has 1 aromatic carbocycles. The Kier molecular flexibility index (Phi) is 5.08. The predicted octanol–water partition coefficient (Wildman–Crippen LogP) is 3.88. The highest BCUT2D eigenvalue weighted by Gasteiger charge is 2.34. The van der Waals surface area contributed by atoms with Crippen LogP contribution in [0, 0.1) is 12.3 Å². The minimum atomic E-state index is 0.198. The molecular formula is C16H24O3S. The molecule has 1 aliphatic rings. The second-order valence-corrected chi connectivity index (χ2v) is 5.97. The Morgan fingerprint density at radius 1 is 1.10 bits per heavy atom. The van der Waals surface area contributed by atoms with Gasteiger partial charge in [-0.15, -0.1) is 0 Å². The van der Waals surface area contributed by atoms with E-state index in [9.17, 15) is 0 Å². The quantitative estimate of drug-likeness (QED) is 0.807. The third-order valence-electron chi connectivity index (χ3n) is 4.13. The molecule has 0 aromatic heterocycles. The van der Waals surface area contributed by atoms with Crippen LogP contribution >= 0.6 is 12.6 Å². The van der Waals surface area contributed by atoms with Crippen molar-refractivity contribution in [3.63, 3.8) is 0 Å². The van der Waals surface area contributed by atoms with Crippen molar-refractivity contribution in [3.8, 4) is 17.2 Å². The molecule has 1 fully saturated rings. The van der Waals surface area contributed by atoms with Gasteiger partial charge in [0.15, 0.2) is 11.5 Å². The Hall–Kier alpha value is -1.03. The van der Waals surface area contributed by atoms with E-state index in [0.29, 0.717) is 12.4 Å². The van der Waals surface area contributed by atoms with Crippen LogP contribution < -0.4 is 14.2 Å². The van der Waals surface area contributed by atoms with E-state index in [4.69, 9.17) is 14.2 Å². The summed E-state index contributed by atoms with van der Waals surface area (Å²) in [6.45, 7) is 2.69. The highest BCUT2D eigenvalue weighted by molar-refractivity contribution is 7.80. The summed E-state index contributed by atoms with van der Waals surface area (Å²) in [5.74, 6) is 3.03. The van der Waals surface area contributed by atoms with Gasteiger partial charge in [0.05, 0.1) is 20.8 Å². The number of methoxy groups -OCH3 is 2. The molecule has 3 nitrogen and oxygen atoms in total. The topological polar surface area (TPSA) is 27.7 Å². The van der Waals surface area contributed by atoms with Crippen LogP contribution in [0.3, 0.4) is 0 Å². The highest BCUT2D eigenvalue weighted by Crippen LogP contribution is 2.43. The summed E-state index contributed by atoms with van der Waals surface area (Å²) in [7, 11) is 3.32. The number of benzene rings is 1. The average molecular weight is 296 g/mol. The SMILES string of the molecule is COc1cc(C)cc(OC)c1OCC1(CS)CCCC1. The van der Waals surface area contributed by atoms with E-state index in [0.717, 1.165) is 22.8 Å². The zero-order valence-corrected chi connectivity index (χ0v) is 13.5. The van der Waals surface area contributed by atoms with Gasteiger partial charge in [-0.25, -0.2) is 0 Å². The molecule has 1 aliphatic carbocycles. The number of thiol groups is 1. The lowest BCUT2D eigenvalue weighted by Crippen LogP contribution is -2.27. The summed E-state index contributed by atoms with van der Waals surface area (Å²) in [6.07, 6.45) is 4.91. The Bertz CT molecular complexity index is 428. The van der Waals surface area contributed by atoms with E-state index in [-0.39, 0.29) is 5.41 Å². The Morgan fingerprint density at radius 2 is 1.65 bits per heavy atom. The number of aryl methyl sites for hydroxylation is 1. The molecule has 0 atom stereocenters. The fourth-order valence-electron chi connectivity index (χ4n) is 2.85. The molecule has 0 unspecified atom stereocenters. The first-order chi connectivity index (χ1) is 9.64. The summed E-state index contributed by atoms with van der Waals surface area (Å²) in [5, 5.41) is 0. The monoisotopic (exact) mass is 296 g/mol. The molecule has 0 radical (unpaired) electrons. The molecule has 0 bridgehead atoms. The molecule has 0 N–H and O–H groups in total. The van der Waals surface area contributed by atoms with Gasteiger partial charge in [-0.2, -0.15) is 12.6 Å². The third kappa shape index (κ3) is 3.17. The van der Waals surface area contributed by atoms with Crippen molar-refractivity contribution >= 4 is 12.6 Å².